The minimum atomic E-state index is 0. The molecular weight excluding hydrogens is 505 g/mol. The second kappa shape index (κ2) is 11.4. The second-order valence-electron chi connectivity index (χ2n) is 8.21. The molecule has 31 heavy (non-hydrogen) atoms. The fraction of sp³-hybridized carbons (Fsp3) is 0.545. The molecule has 9 heteroatoms. The van der Waals surface area contributed by atoms with E-state index in [1.54, 1.807) is 7.05 Å². The van der Waals surface area contributed by atoms with Crippen molar-refractivity contribution in [2.75, 3.05) is 20.1 Å². The van der Waals surface area contributed by atoms with Crippen molar-refractivity contribution in [2.24, 2.45) is 10.9 Å². The number of aromatic nitrogens is 3. The highest BCUT2D eigenvalue weighted by Crippen LogP contribution is 2.26. The predicted octanol–water partition coefficient (Wildman–Crippen LogP) is 2.94. The lowest BCUT2D eigenvalue weighted by atomic mass is 9.88. The number of nitrogens with zero attached hydrogens (tertiary/aromatic N) is 4. The molecule has 3 N–H and O–H groups in total. The van der Waals surface area contributed by atoms with Gasteiger partial charge in [-0.3, -0.25) is 14.9 Å². The molecule has 1 unspecified atom stereocenters. The van der Waals surface area contributed by atoms with Crippen molar-refractivity contribution in [3.8, 4) is 11.4 Å². The Morgan fingerprint density at radius 2 is 2.10 bits per heavy atom. The molecule has 168 valence electrons. The lowest BCUT2D eigenvalue weighted by Gasteiger charge is -2.26. The Hall–Kier alpha value is -2.17. The normalized spacial score (nSPS) is 19.7. The van der Waals surface area contributed by atoms with E-state index < -0.39 is 0 Å². The predicted molar refractivity (Wildman–Crippen MR) is 132 cm³/mol. The third-order valence-electron chi connectivity index (χ3n) is 6.09. The van der Waals surface area contributed by atoms with Crippen LogP contribution in [-0.2, 0) is 11.3 Å². The zero-order valence-corrected chi connectivity index (χ0v) is 20.3. The maximum absolute atomic E-state index is 12.8. The Morgan fingerprint density at radius 1 is 1.26 bits per heavy atom. The number of halogens is 1. The maximum atomic E-state index is 12.8. The number of hydrogen-bond acceptors (Lipinski definition) is 4. The number of carbonyl (C=O) groups is 1. The highest BCUT2D eigenvalue weighted by atomic mass is 127. The number of aromatic amines is 1. The molecule has 0 spiro atoms. The zero-order valence-electron chi connectivity index (χ0n) is 18.0. The van der Waals surface area contributed by atoms with Gasteiger partial charge in [-0.1, -0.05) is 37.5 Å². The highest BCUT2D eigenvalue weighted by Gasteiger charge is 2.31. The number of nitrogens with one attached hydrogen (secondary N) is 3. The van der Waals surface area contributed by atoms with Crippen molar-refractivity contribution in [2.45, 2.75) is 51.1 Å². The van der Waals surface area contributed by atoms with Crippen molar-refractivity contribution in [1.82, 2.24) is 30.7 Å². The maximum Gasteiger partial charge on any atom is 0.225 e. The number of aliphatic imine (C=N–C) groups is 1. The molecule has 1 aromatic heterocycles. The summed E-state index contributed by atoms with van der Waals surface area (Å²) in [5.74, 6) is 2.11. The van der Waals surface area contributed by atoms with Gasteiger partial charge < -0.3 is 15.5 Å². The molecule has 8 nitrogen and oxygen atoms in total. The van der Waals surface area contributed by atoms with Gasteiger partial charge in [0.25, 0.3) is 0 Å². The minimum absolute atomic E-state index is 0. The lowest BCUT2D eigenvalue weighted by Crippen LogP contribution is -2.45. The molecule has 1 aliphatic carbocycles. The molecule has 1 atom stereocenters. The summed E-state index contributed by atoms with van der Waals surface area (Å²) in [6.45, 7) is 2.25. The molecule has 2 fully saturated rings. The smallest absolute Gasteiger partial charge is 0.225 e. The van der Waals surface area contributed by atoms with Crippen molar-refractivity contribution in [3.05, 3.63) is 36.2 Å². The largest absolute Gasteiger partial charge is 0.352 e. The van der Waals surface area contributed by atoms with Crippen LogP contribution in [0.5, 0.6) is 0 Å². The van der Waals surface area contributed by atoms with Gasteiger partial charge in [0.05, 0.1) is 0 Å². The van der Waals surface area contributed by atoms with Crippen LogP contribution in [0.4, 0.5) is 0 Å². The number of guanidine groups is 1. The van der Waals surface area contributed by atoms with Crippen molar-refractivity contribution in [1.29, 1.82) is 0 Å². The van der Waals surface area contributed by atoms with Crippen LogP contribution in [0.3, 0.4) is 0 Å². The Labute approximate surface area is 200 Å². The first-order chi connectivity index (χ1) is 14.7. The Morgan fingerprint density at radius 3 is 2.84 bits per heavy atom. The summed E-state index contributed by atoms with van der Waals surface area (Å²) in [5, 5.41) is 13.7. The van der Waals surface area contributed by atoms with Gasteiger partial charge >= 0.3 is 0 Å². The van der Waals surface area contributed by atoms with E-state index in [0.717, 1.165) is 55.3 Å². The summed E-state index contributed by atoms with van der Waals surface area (Å²) in [7, 11) is 1.78. The molecule has 1 aliphatic heterocycles. The van der Waals surface area contributed by atoms with Gasteiger partial charge in [0.15, 0.2) is 11.8 Å². The SMILES string of the molecule is CN=C(NCc1cccc(-c2ncn[nH]2)c1)NC1CCN(C(=O)C2CCCCC2)C1.I. The fourth-order valence-corrected chi connectivity index (χ4v) is 4.43. The van der Waals surface area contributed by atoms with Crippen LogP contribution < -0.4 is 10.6 Å². The molecule has 4 rings (SSSR count). The van der Waals surface area contributed by atoms with Crippen LogP contribution in [-0.4, -0.2) is 58.1 Å². The first kappa shape index (κ1) is 23.5. The third-order valence-corrected chi connectivity index (χ3v) is 6.09. The van der Waals surface area contributed by atoms with Gasteiger partial charge in [0.1, 0.15) is 6.33 Å². The summed E-state index contributed by atoms with van der Waals surface area (Å²) in [5.41, 5.74) is 2.13. The number of likely N-dealkylation sites (tertiary alicyclic amines) is 1. The zero-order chi connectivity index (χ0) is 20.8. The number of amides is 1. The number of hydrogen-bond donors (Lipinski definition) is 3. The first-order valence-corrected chi connectivity index (χ1v) is 10.9. The third kappa shape index (κ3) is 6.18. The van der Waals surface area contributed by atoms with Gasteiger partial charge in [-0.25, -0.2) is 4.98 Å². The summed E-state index contributed by atoms with van der Waals surface area (Å²) >= 11 is 0. The Kier molecular flexibility index (Phi) is 8.68. The van der Waals surface area contributed by atoms with E-state index in [4.69, 9.17) is 0 Å². The quantitative estimate of drug-likeness (QED) is 0.310. The summed E-state index contributed by atoms with van der Waals surface area (Å²) < 4.78 is 0. The molecule has 2 aliphatic rings. The molecule has 0 bridgehead atoms. The topological polar surface area (TPSA) is 98.3 Å². The highest BCUT2D eigenvalue weighted by molar-refractivity contribution is 14.0. The molecule has 1 amide bonds. The lowest BCUT2D eigenvalue weighted by molar-refractivity contribution is -0.135. The van der Waals surface area contributed by atoms with E-state index in [2.05, 4.69) is 42.9 Å². The Balaban J connectivity index is 0.00000272. The molecule has 1 aromatic carbocycles. The molecular formula is C22H32IN7O. The standard InChI is InChI=1S/C22H31N7O.HI/c1-23-22(24-13-16-6-5-9-18(12-16)20-25-15-26-28-20)27-19-10-11-29(14-19)21(30)17-7-3-2-4-8-17;/h5-6,9,12,15,17,19H,2-4,7-8,10-11,13-14H2,1H3,(H2,23,24,27)(H,25,26,28);1H. The van der Waals surface area contributed by atoms with Crippen LogP contribution in [0.1, 0.15) is 44.1 Å². The van der Waals surface area contributed by atoms with E-state index >= 15 is 0 Å². The Bertz CT molecular complexity index is 865. The molecule has 1 saturated carbocycles. The van der Waals surface area contributed by atoms with Gasteiger partial charge in [-0.05, 0) is 30.9 Å². The van der Waals surface area contributed by atoms with E-state index in [0.29, 0.717) is 12.5 Å². The van der Waals surface area contributed by atoms with Crippen LogP contribution in [0.15, 0.2) is 35.6 Å². The van der Waals surface area contributed by atoms with Crippen LogP contribution in [0.25, 0.3) is 11.4 Å². The van der Waals surface area contributed by atoms with E-state index in [9.17, 15) is 4.79 Å². The number of rotatable bonds is 5. The van der Waals surface area contributed by atoms with Crippen molar-refractivity contribution >= 4 is 35.8 Å². The number of H-pyrrole nitrogens is 1. The number of carbonyl (C=O) groups excluding carboxylic acids is 1. The molecule has 1 saturated heterocycles. The second-order valence-corrected chi connectivity index (χ2v) is 8.21. The van der Waals surface area contributed by atoms with Crippen molar-refractivity contribution in [3.63, 3.8) is 0 Å². The van der Waals surface area contributed by atoms with E-state index in [1.807, 2.05) is 17.0 Å². The van der Waals surface area contributed by atoms with Gasteiger partial charge in [-0.2, -0.15) is 5.10 Å². The van der Waals surface area contributed by atoms with E-state index in [1.165, 1.54) is 25.6 Å². The van der Waals surface area contributed by atoms with E-state index in [-0.39, 0.29) is 35.9 Å². The monoisotopic (exact) mass is 537 g/mol. The minimum Gasteiger partial charge on any atom is -0.352 e. The average molecular weight is 537 g/mol. The summed E-state index contributed by atoms with van der Waals surface area (Å²) in [4.78, 5) is 23.4. The molecule has 2 aromatic rings. The van der Waals surface area contributed by atoms with Crippen LogP contribution >= 0.6 is 24.0 Å². The summed E-state index contributed by atoms with van der Waals surface area (Å²) in [6.07, 6.45) is 8.25. The van der Waals surface area contributed by atoms with Crippen LogP contribution in [0, 0.1) is 5.92 Å². The first-order valence-electron chi connectivity index (χ1n) is 10.9. The molecule has 2 heterocycles. The average Bonchev–Trinajstić information content (AvgIpc) is 3.49. The van der Waals surface area contributed by atoms with Gasteiger partial charge in [-0.15, -0.1) is 24.0 Å². The fourth-order valence-electron chi connectivity index (χ4n) is 4.43. The van der Waals surface area contributed by atoms with Crippen molar-refractivity contribution < 1.29 is 4.79 Å². The number of benzene rings is 1. The van der Waals surface area contributed by atoms with Gasteiger partial charge in [0.2, 0.25) is 5.91 Å². The van der Waals surface area contributed by atoms with Crippen LogP contribution in [0.2, 0.25) is 0 Å². The summed E-state index contributed by atoms with van der Waals surface area (Å²) in [6, 6.07) is 8.41. The van der Waals surface area contributed by atoms with Gasteiger partial charge in [0, 0.05) is 44.2 Å². The molecule has 0 radical (unpaired) electrons.